The average molecular weight is 142 g/mol. The van der Waals surface area contributed by atoms with Gasteiger partial charge in [0, 0.05) is 11.8 Å². The van der Waals surface area contributed by atoms with E-state index in [4.69, 9.17) is 0 Å². The zero-order chi connectivity index (χ0) is 8.15. The summed E-state index contributed by atoms with van der Waals surface area (Å²) in [6, 6.07) is 0. The fraction of sp³-hybridized carbons (Fsp3) is 0.750. The molecule has 2 atom stereocenters. The summed E-state index contributed by atoms with van der Waals surface area (Å²) in [6.07, 6.45) is 1.70. The summed E-state index contributed by atoms with van der Waals surface area (Å²) in [5, 5.41) is 0. The van der Waals surface area contributed by atoms with Gasteiger partial charge in [-0.25, -0.2) is 0 Å². The standard InChI is InChI=1S/C8H14O2/c1-6(2)8(5-10)7(3)4-9/h4-8H,1-3H3. The quantitative estimate of drug-likeness (QED) is 0.554. The Morgan fingerprint density at radius 2 is 1.50 bits per heavy atom. The maximum Gasteiger partial charge on any atom is 0.124 e. The molecular weight excluding hydrogens is 128 g/mol. The van der Waals surface area contributed by atoms with Gasteiger partial charge in [0.25, 0.3) is 0 Å². The Morgan fingerprint density at radius 3 is 1.60 bits per heavy atom. The summed E-state index contributed by atoms with van der Waals surface area (Å²) in [5.41, 5.74) is 0. The number of carbonyl (C=O) groups excluding carboxylic acids is 2. The van der Waals surface area contributed by atoms with E-state index in [1.54, 1.807) is 6.92 Å². The van der Waals surface area contributed by atoms with Crippen molar-refractivity contribution in [2.24, 2.45) is 17.8 Å². The first-order chi connectivity index (χ1) is 4.63. The highest BCUT2D eigenvalue weighted by Gasteiger charge is 2.18. The van der Waals surface area contributed by atoms with Crippen LogP contribution in [0.2, 0.25) is 0 Å². The molecule has 0 aliphatic rings. The highest BCUT2D eigenvalue weighted by Crippen LogP contribution is 2.16. The van der Waals surface area contributed by atoms with Crippen molar-refractivity contribution in [3.63, 3.8) is 0 Å². The van der Waals surface area contributed by atoms with E-state index in [2.05, 4.69) is 0 Å². The van der Waals surface area contributed by atoms with Gasteiger partial charge in [-0.15, -0.1) is 0 Å². The van der Waals surface area contributed by atoms with E-state index >= 15 is 0 Å². The minimum atomic E-state index is -0.141. The van der Waals surface area contributed by atoms with E-state index in [9.17, 15) is 9.59 Å². The molecule has 0 aromatic rings. The number of rotatable bonds is 4. The molecule has 58 valence electrons. The van der Waals surface area contributed by atoms with E-state index in [-0.39, 0.29) is 17.8 Å². The summed E-state index contributed by atoms with van der Waals surface area (Å²) in [5.74, 6) is 0.00713. The maximum absolute atomic E-state index is 10.4. The second kappa shape index (κ2) is 4.20. The zero-order valence-corrected chi connectivity index (χ0v) is 6.70. The van der Waals surface area contributed by atoms with Gasteiger partial charge in [-0.3, -0.25) is 0 Å². The summed E-state index contributed by atoms with van der Waals surface area (Å²) in [6.45, 7) is 5.66. The highest BCUT2D eigenvalue weighted by molar-refractivity contribution is 5.64. The van der Waals surface area contributed by atoms with E-state index in [0.717, 1.165) is 12.6 Å². The number of hydrogen-bond acceptors (Lipinski definition) is 2. The fourth-order valence-corrected chi connectivity index (χ4v) is 0.979. The molecule has 0 fully saturated rings. The summed E-state index contributed by atoms with van der Waals surface area (Å²) in [4.78, 5) is 20.6. The van der Waals surface area contributed by atoms with Crippen molar-refractivity contribution in [3.8, 4) is 0 Å². The Morgan fingerprint density at radius 1 is 1.00 bits per heavy atom. The molecule has 0 radical (unpaired) electrons. The van der Waals surface area contributed by atoms with Crippen LogP contribution in [0.15, 0.2) is 0 Å². The van der Waals surface area contributed by atoms with Crippen LogP contribution in [0.3, 0.4) is 0 Å². The second-order valence-corrected chi connectivity index (χ2v) is 2.95. The van der Waals surface area contributed by atoms with Crippen LogP contribution in [0.4, 0.5) is 0 Å². The van der Waals surface area contributed by atoms with Crippen molar-refractivity contribution in [1.29, 1.82) is 0 Å². The Bertz CT molecular complexity index is 118. The maximum atomic E-state index is 10.4. The molecule has 0 aromatic carbocycles. The van der Waals surface area contributed by atoms with Gasteiger partial charge in [-0.1, -0.05) is 20.8 Å². The highest BCUT2D eigenvalue weighted by atomic mass is 16.1. The fourth-order valence-electron chi connectivity index (χ4n) is 0.979. The first kappa shape index (κ1) is 9.34. The third-order valence-corrected chi connectivity index (χ3v) is 1.75. The van der Waals surface area contributed by atoms with Crippen LogP contribution in [0.25, 0.3) is 0 Å². The molecule has 0 heterocycles. The van der Waals surface area contributed by atoms with Crippen molar-refractivity contribution in [2.45, 2.75) is 20.8 Å². The Kier molecular flexibility index (Phi) is 3.93. The van der Waals surface area contributed by atoms with E-state index in [1.807, 2.05) is 13.8 Å². The van der Waals surface area contributed by atoms with Gasteiger partial charge < -0.3 is 9.59 Å². The molecule has 0 rings (SSSR count). The Hall–Kier alpha value is -0.660. The Balaban J connectivity index is 4.04. The van der Waals surface area contributed by atoms with Gasteiger partial charge in [-0.2, -0.15) is 0 Å². The summed E-state index contributed by atoms with van der Waals surface area (Å²) >= 11 is 0. The van der Waals surface area contributed by atoms with Crippen LogP contribution in [0.5, 0.6) is 0 Å². The SMILES string of the molecule is CC(C)C(C=O)C(C)C=O. The molecule has 2 nitrogen and oxygen atoms in total. The normalized spacial score (nSPS) is 16.4. The molecule has 0 saturated carbocycles. The molecule has 2 unspecified atom stereocenters. The predicted molar refractivity (Wildman–Crippen MR) is 39.6 cm³/mol. The van der Waals surface area contributed by atoms with Gasteiger partial charge >= 0.3 is 0 Å². The van der Waals surface area contributed by atoms with Crippen molar-refractivity contribution in [1.82, 2.24) is 0 Å². The molecule has 0 aliphatic heterocycles. The van der Waals surface area contributed by atoms with Crippen LogP contribution in [-0.4, -0.2) is 12.6 Å². The van der Waals surface area contributed by atoms with E-state index < -0.39 is 0 Å². The van der Waals surface area contributed by atoms with Gasteiger partial charge in [0.1, 0.15) is 12.6 Å². The minimum Gasteiger partial charge on any atom is -0.303 e. The van der Waals surface area contributed by atoms with Crippen molar-refractivity contribution >= 4 is 12.6 Å². The van der Waals surface area contributed by atoms with Crippen molar-refractivity contribution in [2.75, 3.05) is 0 Å². The summed E-state index contributed by atoms with van der Waals surface area (Å²) in [7, 11) is 0. The molecule has 0 N–H and O–H groups in total. The lowest BCUT2D eigenvalue weighted by Gasteiger charge is -2.16. The zero-order valence-electron chi connectivity index (χ0n) is 6.70. The van der Waals surface area contributed by atoms with Crippen LogP contribution in [-0.2, 0) is 9.59 Å². The van der Waals surface area contributed by atoms with E-state index in [0.29, 0.717) is 0 Å². The van der Waals surface area contributed by atoms with Crippen LogP contribution < -0.4 is 0 Å². The average Bonchev–Trinajstić information content (AvgIpc) is 1.88. The molecule has 0 aromatic heterocycles. The van der Waals surface area contributed by atoms with Crippen molar-refractivity contribution in [3.05, 3.63) is 0 Å². The molecule has 2 heteroatoms. The van der Waals surface area contributed by atoms with Crippen molar-refractivity contribution < 1.29 is 9.59 Å². The molecule has 0 bridgehead atoms. The molecule has 0 saturated heterocycles. The lowest BCUT2D eigenvalue weighted by molar-refractivity contribution is -0.120. The third-order valence-electron chi connectivity index (χ3n) is 1.75. The minimum absolute atomic E-state index is 0.113. The predicted octanol–water partition coefficient (Wildman–Crippen LogP) is 1.29. The number of hydrogen-bond donors (Lipinski definition) is 0. The first-order valence-electron chi connectivity index (χ1n) is 3.54. The third kappa shape index (κ3) is 2.29. The lowest BCUT2D eigenvalue weighted by atomic mass is 9.87. The first-order valence-corrected chi connectivity index (χ1v) is 3.54. The van der Waals surface area contributed by atoms with Crippen LogP contribution >= 0.6 is 0 Å². The van der Waals surface area contributed by atoms with Crippen LogP contribution in [0, 0.1) is 17.8 Å². The van der Waals surface area contributed by atoms with Crippen LogP contribution in [0.1, 0.15) is 20.8 Å². The monoisotopic (exact) mass is 142 g/mol. The van der Waals surface area contributed by atoms with Gasteiger partial charge in [0.15, 0.2) is 0 Å². The summed E-state index contributed by atoms with van der Waals surface area (Å²) < 4.78 is 0. The number of aldehydes is 2. The lowest BCUT2D eigenvalue weighted by Crippen LogP contribution is -2.20. The molecule has 0 amide bonds. The van der Waals surface area contributed by atoms with E-state index in [1.165, 1.54) is 0 Å². The molecular formula is C8H14O2. The largest absolute Gasteiger partial charge is 0.303 e. The van der Waals surface area contributed by atoms with Gasteiger partial charge in [0.2, 0.25) is 0 Å². The number of carbonyl (C=O) groups is 2. The van der Waals surface area contributed by atoms with Gasteiger partial charge in [0.05, 0.1) is 0 Å². The molecule has 0 spiro atoms. The van der Waals surface area contributed by atoms with Gasteiger partial charge in [-0.05, 0) is 5.92 Å². The smallest absolute Gasteiger partial charge is 0.124 e. The Labute approximate surface area is 61.6 Å². The molecule has 10 heavy (non-hydrogen) atoms. The second-order valence-electron chi connectivity index (χ2n) is 2.95. The molecule has 0 aliphatic carbocycles. The topological polar surface area (TPSA) is 34.1 Å².